The third kappa shape index (κ3) is 4.13. The number of nitrogens with zero attached hydrogens (tertiary/aromatic N) is 2. The van der Waals surface area contributed by atoms with E-state index < -0.39 is 0 Å². The standard InChI is InChI=1S/C22H21N3O4S/c1-28-17-9-16(10-18(11-17)29-2)20(26)24-22-23-19(13-30-22)21(27)25-8-7-14-5-3-4-6-15(14)12-25/h3-6,9-11,13H,7-8,12H2,1-2H3,(H,23,24,26). The Morgan fingerprint density at radius 2 is 1.77 bits per heavy atom. The molecule has 0 spiro atoms. The molecular weight excluding hydrogens is 402 g/mol. The monoisotopic (exact) mass is 423 g/mol. The molecule has 1 aliphatic heterocycles. The lowest BCUT2D eigenvalue weighted by Gasteiger charge is -2.28. The second-order valence-corrected chi connectivity index (χ2v) is 7.70. The zero-order valence-corrected chi connectivity index (χ0v) is 17.5. The van der Waals surface area contributed by atoms with Gasteiger partial charge in [0.05, 0.1) is 14.2 Å². The molecule has 1 N–H and O–H groups in total. The van der Waals surface area contributed by atoms with Crippen molar-refractivity contribution >= 4 is 28.3 Å². The van der Waals surface area contributed by atoms with Crippen LogP contribution in [-0.2, 0) is 13.0 Å². The summed E-state index contributed by atoms with van der Waals surface area (Å²) in [5.74, 6) is 0.538. The van der Waals surface area contributed by atoms with Crippen molar-refractivity contribution in [1.29, 1.82) is 0 Å². The highest BCUT2D eigenvalue weighted by molar-refractivity contribution is 7.14. The molecule has 2 aromatic carbocycles. The number of ether oxygens (including phenoxy) is 2. The van der Waals surface area contributed by atoms with Crippen LogP contribution in [0, 0.1) is 0 Å². The van der Waals surface area contributed by atoms with Gasteiger partial charge in [0, 0.05) is 30.1 Å². The Labute approximate surface area is 178 Å². The summed E-state index contributed by atoms with van der Waals surface area (Å²) in [6, 6.07) is 13.1. The fourth-order valence-electron chi connectivity index (χ4n) is 3.37. The van der Waals surface area contributed by atoms with Crippen molar-refractivity contribution in [1.82, 2.24) is 9.88 Å². The van der Waals surface area contributed by atoms with Gasteiger partial charge in [0.15, 0.2) is 5.13 Å². The quantitative estimate of drug-likeness (QED) is 0.678. The Hall–Kier alpha value is -3.39. The Balaban J connectivity index is 1.46. The molecular formula is C22H21N3O4S. The van der Waals surface area contributed by atoms with Gasteiger partial charge in [-0.25, -0.2) is 4.98 Å². The van der Waals surface area contributed by atoms with Gasteiger partial charge in [-0.15, -0.1) is 11.3 Å². The topological polar surface area (TPSA) is 80.8 Å². The van der Waals surface area contributed by atoms with Crippen LogP contribution in [0.4, 0.5) is 5.13 Å². The molecule has 7 nitrogen and oxygen atoms in total. The third-order valence-corrected chi connectivity index (χ3v) is 5.73. The van der Waals surface area contributed by atoms with Crippen molar-refractivity contribution in [2.24, 2.45) is 0 Å². The molecule has 0 fully saturated rings. The summed E-state index contributed by atoms with van der Waals surface area (Å²) in [5.41, 5.74) is 3.15. The van der Waals surface area contributed by atoms with Crippen LogP contribution in [0.25, 0.3) is 0 Å². The maximum atomic E-state index is 12.9. The van der Waals surface area contributed by atoms with Gasteiger partial charge in [0.25, 0.3) is 11.8 Å². The highest BCUT2D eigenvalue weighted by atomic mass is 32.1. The van der Waals surface area contributed by atoms with E-state index in [1.54, 1.807) is 28.5 Å². The summed E-state index contributed by atoms with van der Waals surface area (Å²) in [6.45, 7) is 1.22. The summed E-state index contributed by atoms with van der Waals surface area (Å²) >= 11 is 1.22. The number of fused-ring (bicyclic) bond motifs is 1. The fraction of sp³-hybridized carbons (Fsp3) is 0.227. The minimum absolute atomic E-state index is 0.135. The van der Waals surface area contributed by atoms with E-state index in [4.69, 9.17) is 9.47 Å². The average molecular weight is 423 g/mol. The smallest absolute Gasteiger partial charge is 0.273 e. The number of hydrogen-bond donors (Lipinski definition) is 1. The molecule has 0 saturated heterocycles. The molecule has 0 radical (unpaired) electrons. The molecule has 0 bridgehead atoms. The van der Waals surface area contributed by atoms with E-state index in [9.17, 15) is 9.59 Å². The number of hydrogen-bond acceptors (Lipinski definition) is 6. The van der Waals surface area contributed by atoms with Crippen LogP contribution in [0.15, 0.2) is 47.8 Å². The number of nitrogens with one attached hydrogen (secondary N) is 1. The molecule has 0 atom stereocenters. The highest BCUT2D eigenvalue weighted by Crippen LogP contribution is 2.25. The molecule has 0 unspecified atom stereocenters. The van der Waals surface area contributed by atoms with E-state index in [1.165, 1.54) is 31.1 Å². The number of methoxy groups -OCH3 is 2. The van der Waals surface area contributed by atoms with Gasteiger partial charge < -0.3 is 14.4 Å². The zero-order valence-electron chi connectivity index (χ0n) is 16.7. The first-order chi connectivity index (χ1) is 14.6. The number of thiazole rings is 1. The predicted octanol–water partition coefficient (Wildman–Crippen LogP) is 3.61. The van der Waals surface area contributed by atoms with E-state index in [2.05, 4.69) is 16.4 Å². The van der Waals surface area contributed by atoms with Gasteiger partial charge in [-0.3, -0.25) is 14.9 Å². The number of aromatic nitrogens is 1. The van der Waals surface area contributed by atoms with E-state index >= 15 is 0 Å². The van der Waals surface area contributed by atoms with Crippen molar-refractivity contribution in [2.45, 2.75) is 13.0 Å². The second kappa shape index (κ2) is 8.54. The molecule has 1 aliphatic rings. The Morgan fingerprint density at radius 3 is 2.47 bits per heavy atom. The van der Waals surface area contributed by atoms with E-state index in [1.807, 2.05) is 18.2 Å². The molecule has 0 aliphatic carbocycles. The molecule has 2 amide bonds. The van der Waals surface area contributed by atoms with E-state index in [-0.39, 0.29) is 11.8 Å². The van der Waals surface area contributed by atoms with Gasteiger partial charge in [-0.05, 0) is 29.7 Å². The largest absolute Gasteiger partial charge is 0.497 e. The summed E-state index contributed by atoms with van der Waals surface area (Å²) in [6.07, 6.45) is 0.827. The van der Waals surface area contributed by atoms with Crippen LogP contribution in [-0.4, -0.2) is 42.5 Å². The first-order valence-electron chi connectivity index (χ1n) is 9.43. The lowest BCUT2D eigenvalue weighted by atomic mass is 10.00. The first kappa shape index (κ1) is 19.9. The van der Waals surface area contributed by atoms with Gasteiger partial charge in [-0.1, -0.05) is 24.3 Å². The van der Waals surface area contributed by atoms with E-state index in [0.29, 0.717) is 41.0 Å². The number of rotatable bonds is 5. The van der Waals surface area contributed by atoms with Crippen molar-refractivity contribution in [3.8, 4) is 11.5 Å². The SMILES string of the molecule is COc1cc(OC)cc(C(=O)Nc2nc(C(=O)N3CCc4ccccc4C3)cs2)c1. The first-order valence-corrected chi connectivity index (χ1v) is 10.3. The Kier molecular flexibility index (Phi) is 5.67. The normalized spacial score (nSPS) is 12.8. The van der Waals surface area contributed by atoms with Gasteiger partial charge >= 0.3 is 0 Å². The van der Waals surface area contributed by atoms with Crippen molar-refractivity contribution < 1.29 is 19.1 Å². The van der Waals surface area contributed by atoms with Gasteiger partial charge in [-0.2, -0.15) is 0 Å². The van der Waals surface area contributed by atoms with Crippen molar-refractivity contribution in [2.75, 3.05) is 26.1 Å². The number of carbonyl (C=O) groups is 2. The van der Waals surface area contributed by atoms with Gasteiger partial charge in [0.1, 0.15) is 17.2 Å². The molecule has 4 rings (SSSR count). The van der Waals surface area contributed by atoms with Crippen LogP contribution in [0.2, 0.25) is 0 Å². The molecule has 30 heavy (non-hydrogen) atoms. The predicted molar refractivity (Wildman–Crippen MR) is 114 cm³/mol. The number of amides is 2. The Bertz CT molecular complexity index is 1070. The maximum absolute atomic E-state index is 12.9. The third-order valence-electron chi connectivity index (χ3n) is 4.98. The van der Waals surface area contributed by atoms with Crippen LogP contribution in [0.1, 0.15) is 32.0 Å². The number of benzene rings is 2. The number of carbonyl (C=O) groups excluding carboxylic acids is 2. The van der Waals surface area contributed by atoms with E-state index in [0.717, 1.165) is 12.0 Å². The highest BCUT2D eigenvalue weighted by Gasteiger charge is 2.23. The van der Waals surface area contributed by atoms with Crippen LogP contribution in [0.3, 0.4) is 0 Å². The van der Waals surface area contributed by atoms with Crippen LogP contribution < -0.4 is 14.8 Å². The second-order valence-electron chi connectivity index (χ2n) is 6.84. The summed E-state index contributed by atoms with van der Waals surface area (Å²) < 4.78 is 10.4. The van der Waals surface area contributed by atoms with Crippen molar-refractivity contribution in [3.05, 3.63) is 70.2 Å². The lowest BCUT2D eigenvalue weighted by Crippen LogP contribution is -2.36. The fourth-order valence-corrected chi connectivity index (χ4v) is 4.05. The molecule has 3 aromatic rings. The summed E-state index contributed by atoms with van der Waals surface area (Å²) in [4.78, 5) is 31.6. The summed E-state index contributed by atoms with van der Waals surface area (Å²) in [5, 5.41) is 4.78. The van der Waals surface area contributed by atoms with Gasteiger partial charge in [0.2, 0.25) is 0 Å². The maximum Gasteiger partial charge on any atom is 0.273 e. The number of anilines is 1. The zero-order chi connectivity index (χ0) is 21.1. The van der Waals surface area contributed by atoms with Crippen LogP contribution in [0.5, 0.6) is 11.5 Å². The molecule has 154 valence electrons. The minimum atomic E-state index is -0.354. The molecule has 8 heteroatoms. The Morgan fingerprint density at radius 1 is 1.07 bits per heavy atom. The minimum Gasteiger partial charge on any atom is -0.497 e. The molecule has 1 aromatic heterocycles. The molecule has 0 saturated carbocycles. The summed E-state index contributed by atoms with van der Waals surface area (Å²) in [7, 11) is 3.04. The lowest BCUT2D eigenvalue weighted by molar-refractivity contribution is 0.0729. The average Bonchev–Trinajstić information content (AvgIpc) is 3.26. The van der Waals surface area contributed by atoms with Crippen molar-refractivity contribution in [3.63, 3.8) is 0 Å². The van der Waals surface area contributed by atoms with Crippen LogP contribution >= 0.6 is 11.3 Å². The molecule has 2 heterocycles.